The molecular weight excluding hydrogens is 252 g/mol. The first-order valence-corrected chi connectivity index (χ1v) is 7.12. The molecule has 100 valence electrons. The maximum Gasteiger partial charge on any atom is 0.157 e. The second-order valence-corrected chi connectivity index (χ2v) is 5.94. The largest absolute Gasteiger partial charge is 0.396 e. The summed E-state index contributed by atoms with van der Waals surface area (Å²) in [5.41, 5.74) is 0. The lowest BCUT2D eigenvalue weighted by molar-refractivity contribution is -0.124. The number of nitrogens with one attached hydrogen (secondary N) is 1. The number of aldehydes is 2. The van der Waals surface area contributed by atoms with Crippen LogP contribution < -0.4 is 5.32 Å². The molecule has 18 heavy (non-hydrogen) atoms. The number of carbonyl (C=O) groups is 2. The van der Waals surface area contributed by atoms with Gasteiger partial charge in [-0.15, -0.1) is 0 Å². The SMILES string of the molecule is CCNC1=N[C@@H]2[C@H](C=O)[C@H](C=O)[C@H](CO)C[C@@H]2S1. The number of aliphatic hydroxyl groups excluding tert-OH is 1. The Balaban J connectivity index is 2.20. The molecule has 0 saturated heterocycles. The summed E-state index contributed by atoms with van der Waals surface area (Å²) < 4.78 is 0. The fraction of sp³-hybridized carbons (Fsp3) is 0.750. The molecule has 0 aromatic heterocycles. The van der Waals surface area contributed by atoms with Crippen molar-refractivity contribution in [3.8, 4) is 0 Å². The molecule has 2 rings (SSSR count). The van der Waals surface area contributed by atoms with Gasteiger partial charge in [0.1, 0.15) is 12.6 Å². The van der Waals surface area contributed by atoms with Crippen LogP contribution in [0.3, 0.4) is 0 Å². The van der Waals surface area contributed by atoms with Gasteiger partial charge in [0.25, 0.3) is 0 Å². The van der Waals surface area contributed by atoms with E-state index in [0.717, 1.165) is 30.7 Å². The fourth-order valence-electron chi connectivity index (χ4n) is 2.79. The van der Waals surface area contributed by atoms with Crippen molar-refractivity contribution < 1.29 is 14.7 Å². The summed E-state index contributed by atoms with van der Waals surface area (Å²) in [6.45, 7) is 2.73. The molecule has 0 bridgehead atoms. The predicted molar refractivity (Wildman–Crippen MR) is 70.6 cm³/mol. The van der Waals surface area contributed by atoms with E-state index in [1.54, 1.807) is 11.8 Å². The molecule has 0 aromatic carbocycles. The summed E-state index contributed by atoms with van der Waals surface area (Å²) in [4.78, 5) is 26.9. The second kappa shape index (κ2) is 5.84. The van der Waals surface area contributed by atoms with Crippen LogP contribution in [0.5, 0.6) is 0 Å². The smallest absolute Gasteiger partial charge is 0.157 e. The molecule has 0 amide bonds. The van der Waals surface area contributed by atoms with E-state index in [1.165, 1.54) is 0 Å². The van der Waals surface area contributed by atoms with Gasteiger partial charge in [0, 0.05) is 30.2 Å². The van der Waals surface area contributed by atoms with Crippen LogP contribution in [0.1, 0.15) is 13.3 Å². The molecule has 5 atom stereocenters. The molecule has 1 aliphatic heterocycles. The lowest BCUT2D eigenvalue weighted by Crippen LogP contribution is -2.45. The molecule has 1 heterocycles. The quantitative estimate of drug-likeness (QED) is 0.707. The van der Waals surface area contributed by atoms with E-state index in [0.29, 0.717) is 0 Å². The highest BCUT2D eigenvalue weighted by Gasteiger charge is 2.47. The molecule has 2 aliphatic rings. The Labute approximate surface area is 110 Å². The lowest BCUT2D eigenvalue weighted by atomic mass is 9.71. The Morgan fingerprint density at radius 2 is 2.17 bits per heavy atom. The summed E-state index contributed by atoms with van der Waals surface area (Å²) in [6, 6.07) is -0.125. The van der Waals surface area contributed by atoms with Crippen LogP contribution in [-0.4, -0.2) is 47.3 Å². The van der Waals surface area contributed by atoms with E-state index >= 15 is 0 Å². The van der Waals surface area contributed by atoms with Crippen LogP contribution in [0.4, 0.5) is 0 Å². The van der Waals surface area contributed by atoms with Crippen LogP contribution in [0.25, 0.3) is 0 Å². The Morgan fingerprint density at radius 1 is 1.44 bits per heavy atom. The van der Waals surface area contributed by atoms with Gasteiger partial charge in [-0.25, -0.2) is 0 Å². The van der Waals surface area contributed by atoms with Gasteiger partial charge in [0.05, 0.1) is 6.04 Å². The average Bonchev–Trinajstić information content (AvgIpc) is 2.78. The monoisotopic (exact) mass is 270 g/mol. The second-order valence-electron chi connectivity index (χ2n) is 4.72. The average molecular weight is 270 g/mol. The highest BCUT2D eigenvalue weighted by atomic mass is 32.2. The third kappa shape index (κ3) is 2.31. The molecule has 1 fully saturated rings. The van der Waals surface area contributed by atoms with Crippen LogP contribution >= 0.6 is 11.8 Å². The normalized spacial score (nSPS) is 38.8. The number of aliphatic imine (C=N–C) groups is 1. The summed E-state index contributed by atoms with van der Waals surface area (Å²) in [5.74, 6) is -0.927. The van der Waals surface area contributed by atoms with E-state index in [2.05, 4.69) is 10.3 Å². The zero-order chi connectivity index (χ0) is 13.1. The highest BCUT2D eigenvalue weighted by molar-refractivity contribution is 8.14. The number of aliphatic hydroxyl groups is 1. The molecule has 0 radical (unpaired) electrons. The van der Waals surface area contributed by atoms with E-state index in [-0.39, 0.29) is 23.8 Å². The molecule has 0 aromatic rings. The maximum atomic E-state index is 11.3. The molecule has 1 saturated carbocycles. The van der Waals surface area contributed by atoms with E-state index in [4.69, 9.17) is 0 Å². The molecule has 1 aliphatic carbocycles. The Morgan fingerprint density at radius 3 is 2.72 bits per heavy atom. The summed E-state index contributed by atoms with van der Waals surface area (Å²) in [5, 5.41) is 13.6. The zero-order valence-corrected chi connectivity index (χ0v) is 11.1. The van der Waals surface area contributed by atoms with Gasteiger partial charge in [-0.05, 0) is 19.3 Å². The number of hydrogen-bond acceptors (Lipinski definition) is 6. The van der Waals surface area contributed by atoms with Crippen molar-refractivity contribution in [3.63, 3.8) is 0 Å². The van der Waals surface area contributed by atoms with Gasteiger partial charge in [0.15, 0.2) is 5.17 Å². The first-order chi connectivity index (χ1) is 8.74. The van der Waals surface area contributed by atoms with Gasteiger partial charge in [0.2, 0.25) is 0 Å². The number of hydrogen-bond donors (Lipinski definition) is 2. The minimum atomic E-state index is -0.404. The van der Waals surface area contributed by atoms with Crippen LogP contribution in [0.2, 0.25) is 0 Å². The number of thioether (sulfide) groups is 1. The fourth-order valence-corrected chi connectivity index (χ4v) is 4.21. The van der Waals surface area contributed by atoms with Crippen LogP contribution in [-0.2, 0) is 9.59 Å². The minimum absolute atomic E-state index is 0.0476. The Hall–Kier alpha value is -0.880. The molecule has 0 spiro atoms. The van der Waals surface area contributed by atoms with Crippen molar-refractivity contribution in [3.05, 3.63) is 0 Å². The number of amidine groups is 1. The summed E-state index contributed by atoms with van der Waals surface area (Å²) in [7, 11) is 0. The van der Waals surface area contributed by atoms with Crippen LogP contribution in [0, 0.1) is 17.8 Å². The third-order valence-corrected chi connectivity index (χ3v) is 4.95. The van der Waals surface area contributed by atoms with Crippen molar-refractivity contribution in [1.29, 1.82) is 0 Å². The molecule has 0 unspecified atom stereocenters. The van der Waals surface area contributed by atoms with Gasteiger partial charge < -0.3 is 20.0 Å². The van der Waals surface area contributed by atoms with Gasteiger partial charge in [-0.2, -0.15) is 0 Å². The topological polar surface area (TPSA) is 78.8 Å². The van der Waals surface area contributed by atoms with Crippen molar-refractivity contribution in [1.82, 2.24) is 5.32 Å². The Bertz CT molecular complexity index is 361. The standard InChI is InChI=1S/C12H18N2O3S/c1-2-13-12-14-11-9(6-17)8(5-16)7(4-15)3-10(11)18-12/h5-11,15H,2-4H2,1H3,(H,13,14)/t7-,8+,9+,10-,11+/m0/s1. The van der Waals surface area contributed by atoms with Gasteiger partial charge in [-0.1, -0.05) is 11.8 Å². The maximum absolute atomic E-state index is 11.3. The first-order valence-electron chi connectivity index (χ1n) is 6.24. The van der Waals surface area contributed by atoms with Gasteiger partial charge >= 0.3 is 0 Å². The zero-order valence-electron chi connectivity index (χ0n) is 10.3. The number of carbonyl (C=O) groups excluding carboxylic acids is 2. The van der Waals surface area contributed by atoms with Crippen molar-refractivity contribution >= 4 is 29.5 Å². The predicted octanol–water partition coefficient (Wildman–Crippen LogP) is 0.0783. The van der Waals surface area contributed by atoms with Gasteiger partial charge in [-0.3, -0.25) is 4.99 Å². The van der Waals surface area contributed by atoms with Crippen molar-refractivity contribution in [2.75, 3.05) is 13.2 Å². The minimum Gasteiger partial charge on any atom is -0.396 e. The highest BCUT2D eigenvalue weighted by Crippen LogP contribution is 2.43. The molecule has 5 nitrogen and oxygen atoms in total. The molecule has 6 heteroatoms. The van der Waals surface area contributed by atoms with E-state index in [9.17, 15) is 14.7 Å². The third-order valence-electron chi connectivity index (χ3n) is 3.71. The number of nitrogens with zero attached hydrogens (tertiary/aromatic N) is 1. The molecular formula is C12H18N2O3S. The summed E-state index contributed by atoms with van der Waals surface area (Å²) in [6.07, 6.45) is 2.37. The summed E-state index contributed by atoms with van der Waals surface area (Å²) >= 11 is 1.62. The van der Waals surface area contributed by atoms with Crippen LogP contribution in [0.15, 0.2) is 4.99 Å². The first kappa shape index (κ1) is 13.5. The Kier molecular flexibility index (Phi) is 4.40. The lowest BCUT2D eigenvalue weighted by Gasteiger charge is -2.37. The number of fused-ring (bicyclic) bond motifs is 1. The van der Waals surface area contributed by atoms with Crippen molar-refractivity contribution in [2.45, 2.75) is 24.6 Å². The van der Waals surface area contributed by atoms with E-state index < -0.39 is 11.8 Å². The van der Waals surface area contributed by atoms with Crippen molar-refractivity contribution in [2.24, 2.45) is 22.7 Å². The van der Waals surface area contributed by atoms with E-state index in [1.807, 2.05) is 6.92 Å². The number of rotatable bonds is 4. The molecule has 2 N–H and O–H groups in total.